The van der Waals surface area contributed by atoms with Crippen LogP contribution in [0.25, 0.3) is 0 Å². The van der Waals surface area contributed by atoms with Crippen molar-refractivity contribution in [2.24, 2.45) is 0 Å². The number of amides is 1. The fraction of sp³-hybridized carbons (Fsp3) is 0.263. The van der Waals surface area contributed by atoms with Crippen molar-refractivity contribution in [3.63, 3.8) is 0 Å². The van der Waals surface area contributed by atoms with Crippen molar-refractivity contribution in [1.82, 2.24) is 0 Å². The number of methoxy groups -OCH3 is 1. The normalized spacial score (nSPS) is 11.5. The number of hydrogen-bond donors (Lipinski definition) is 1. The fourth-order valence-electron chi connectivity index (χ4n) is 2.17. The number of benzene rings is 2. The number of carbonyl (C=O) groups is 2. The van der Waals surface area contributed by atoms with Gasteiger partial charge in [-0.05, 0) is 62.2 Å². The molecule has 5 nitrogen and oxygen atoms in total. The molecule has 0 aliphatic heterocycles. The minimum Gasteiger partial charge on any atom is -0.497 e. The Morgan fingerprint density at radius 2 is 1.71 bits per heavy atom. The zero-order valence-electron chi connectivity index (χ0n) is 14.3. The van der Waals surface area contributed by atoms with Gasteiger partial charge in [0.2, 0.25) is 0 Å². The minimum absolute atomic E-state index is 0.390. The highest BCUT2D eigenvalue weighted by Crippen LogP contribution is 2.17. The van der Waals surface area contributed by atoms with Crippen molar-refractivity contribution in [2.45, 2.75) is 26.9 Å². The Kier molecular flexibility index (Phi) is 5.58. The highest BCUT2D eigenvalue weighted by molar-refractivity contribution is 5.97. The van der Waals surface area contributed by atoms with Gasteiger partial charge in [0.25, 0.3) is 5.91 Å². The highest BCUT2D eigenvalue weighted by Gasteiger charge is 2.20. The number of ether oxygens (including phenoxy) is 2. The fourth-order valence-corrected chi connectivity index (χ4v) is 2.17. The van der Waals surface area contributed by atoms with Gasteiger partial charge in [0, 0.05) is 5.69 Å². The van der Waals surface area contributed by atoms with Crippen molar-refractivity contribution < 1.29 is 19.1 Å². The molecule has 0 aliphatic carbocycles. The number of carbonyl (C=O) groups excluding carboxylic acids is 2. The molecule has 2 rings (SSSR count). The summed E-state index contributed by atoms with van der Waals surface area (Å²) in [5, 5.41) is 2.70. The van der Waals surface area contributed by atoms with E-state index >= 15 is 0 Å². The van der Waals surface area contributed by atoms with Crippen LogP contribution in [0, 0.1) is 13.8 Å². The van der Waals surface area contributed by atoms with Crippen LogP contribution < -0.4 is 10.1 Å². The third-order valence-corrected chi connectivity index (χ3v) is 3.84. The van der Waals surface area contributed by atoms with E-state index in [9.17, 15) is 9.59 Å². The number of nitrogens with one attached hydrogen (secondary N) is 1. The standard InChI is InChI=1S/C19H21NO4/c1-12-6-5-7-17(13(12)2)19(22)24-14(3)18(21)20-15-8-10-16(23-4)11-9-15/h5-11,14H,1-4H3,(H,20,21). The molecule has 0 bridgehead atoms. The zero-order chi connectivity index (χ0) is 17.7. The third-order valence-electron chi connectivity index (χ3n) is 3.84. The molecule has 0 saturated carbocycles. The van der Waals surface area contributed by atoms with E-state index in [1.807, 2.05) is 19.9 Å². The Balaban J connectivity index is 2.00. The van der Waals surface area contributed by atoms with Crippen molar-refractivity contribution in [2.75, 3.05) is 12.4 Å². The lowest BCUT2D eigenvalue weighted by atomic mass is 10.0. The number of esters is 1. The molecule has 0 saturated heterocycles. The zero-order valence-corrected chi connectivity index (χ0v) is 14.3. The molecule has 0 fully saturated rings. The van der Waals surface area contributed by atoms with Crippen LogP contribution in [-0.4, -0.2) is 25.1 Å². The first-order valence-electron chi connectivity index (χ1n) is 7.64. The second-order valence-electron chi connectivity index (χ2n) is 5.51. The van der Waals surface area contributed by atoms with E-state index in [0.29, 0.717) is 17.0 Å². The van der Waals surface area contributed by atoms with Crippen LogP contribution in [-0.2, 0) is 9.53 Å². The topological polar surface area (TPSA) is 64.6 Å². The summed E-state index contributed by atoms with van der Waals surface area (Å²) in [5.74, 6) is -0.199. The number of hydrogen-bond acceptors (Lipinski definition) is 4. The van der Waals surface area contributed by atoms with E-state index < -0.39 is 12.1 Å². The van der Waals surface area contributed by atoms with Crippen LogP contribution in [0.1, 0.15) is 28.4 Å². The average Bonchev–Trinajstić information content (AvgIpc) is 2.57. The van der Waals surface area contributed by atoms with Gasteiger partial charge in [-0.3, -0.25) is 4.79 Å². The predicted molar refractivity (Wildman–Crippen MR) is 92.4 cm³/mol. The van der Waals surface area contributed by atoms with Crippen LogP contribution >= 0.6 is 0 Å². The van der Waals surface area contributed by atoms with Gasteiger partial charge in [0.05, 0.1) is 12.7 Å². The molecule has 0 heterocycles. The van der Waals surface area contributed by atoms with E-state index in [2.05, 4.69) is 5.32 Å². The van der Waals surface area contributed by atoms with Gasteiger partial charge in [-0.25, -0.2) is 4.79 Å². The van der Waals surface area contributed by atoms with Crippen molar-refractivity contribution in [3.8, 4) is 5.75 Å². The highest BCUT2D eigenvalue weighted by atomic mass is 16.5. The van der Waals surface area contributed by atoms with Gasteiger partial charge >= 0.3 is 5.97 Å². The summed E-state index contributed by atoms with van der Waals surface area (Å²) in [6, 6.07) is 12.3. The van der Waals surface area contributed by atoms with Gasteiger partial charge in [-0.15, -0.1) is 0 Å². The molecule has 126 valence electrons. The first-order chi connectivity index (χ1) is 11.4. The molecule has 5 heteroatoms. The lowest BCUT2D eigenvalue weighted by molar-refractivity contribution is -0.123. The van der Waals surface area contributed by atoms with Crippen LogP contribution in [0.4, 0.5) is 5.69 Å². The molecule has 1 N–H and O–H groups in total. The largest absolute Gasteiger partial charge is 0.497 e. The van der Waals surface area contributed by atoms with E-state index in [1.54, 1.807) is 50.4 Å². The van der Waals surface area contributed by atoms with Crippen LogP contribution in [0.15, 0.2) is 42.5 Å². The maximum absolute atomic E-state index is 12.2. The molecular formula is C19H21NO4. The van der Waals surface area contributed by atoms with E-state index in [0.717, 1.165) is 11.1 Å². The van der Waals surface area contributed by atoms with E-state index in [-0.39, 0.29) is 5.91 Å². The lowest BCUT2D eigenvalue weighted by Crippen LogP contribution is -2.30. The first kappa shape index (κ1) is 17.5. The summed E-state index contributed by atoms with van der Waals surface area (Å²) in [4.78, 5) is 24.4. The average molecular weight is 327 g/mol. The molecule has 0 spiro atoms. The number of anilines is 1. The first-order valence-corrected chi connectivity index (χ1v) is 7.64. The molecule has 1 amide bonds. The Labute approximate surface area is 141 Å². The molecule has 1 atom stereocenters. The second kappa shape index (κ2) is 7.64. The molecule has 2 aromatic carbocycles. The molecule has 0 aromatic heterocycles. The maximum Gasteiger partial charge on any atom is 0.339 e. The maximum atomic E-state index is 12.2. The van der Waals surface area contributed by atoms with Crippen molar-refractivity contribution in [1.29, 1.82) is 0 Å². The lowest BCUT2D eigenvalue weighted by Gasteiger charge is -2.15. The van der Waals surface area contributed by atoms with Gasteiger partial charge in [0.1, 0.15) is 5.75 Å². The monoisotopic (exact) mass is 327 g/mol. The number of rotatable bonds is 5. The Morgan fingerprint density at radius 3 is 2.33 bits per heavy atom. The predicted octanol–water partition coefficient (Wildman–Crippen LogP) is 3.50. The summed E-state index contributed by atoms with van der Waals surface area (Å²) in [5.41, 5.74) is 2.93. The Bertz CT molecular complexity index is 738. The van der Waals surface area contributed by atoms with E-state index in [1.165, 1.54) is 0 Å². The summed E-state index contributed by atoms with van der Waals surface area (Å²) in [7, 11) is 1.57. The molecule has 1 unspecified atom stereocenters. The quantitative estimate of drug-likeness (QED) is 0.854. The molecule has 2 aromatic rings. The van der Waals surface area contributed by atoms with Crippen LogP contribution in [0.3, 0.4) is 0 Å². The van der Waals surface area contributed by atoms with Gasteiger partial charge < -0.3 is 14.8 Å². The SMILES string of the molecule is COc1ccc(NC(=O)C(C)OC(=O)c2cccc(C)c2C)cc1. The Hall–Kier alpha value is -2.82. The Morgan fingerprint density at radius 1 is 1.04 bits per heavy atom. The summed E-state index contributed by atoms with van der Waals surface area (Å²) in [6.07, 6.45) is -0.903. The molecule has 0 aliphatic rings. The van der Waals surface area contributed by atoms with Gasteiger partial charge in [-0.2, -0.15) is 0 Å². The van der Waals surface area contributed by atoms with Gasteiger partial charge in [0.15, 0.2) is 6.10 Å². The van der Waals surface area contributed by atoms with Crippen molar-refractivity contribution in [3.05, 3.63) is 59.2 Å². The molecule has 24 heavy (non-hydrogen) atoms. The van der Waals surface area contributed by atoms with Gasteiger partial charge in [-0.1, -0.05) is 12.1 Å². The summed E-state index contributed by atoms with van der Waals surface area (Å²) < 4.78 is 10.3. The smallest absolute Gasteiger partial charge is 0.339 e. The molecule has 0 radical (unpaired) electrons. The summed E-state index contributed by atoms with van der Waals surface area (Å²) in [6.45, 7) is 5.32. The van der Waals surface area contributed by atoms with Crippen LogP contribution in [0.2, 0.25) is 0 Å². The van der Waals surface area contributed by atoms with Crippen molar-refractivity contribution >= 4 is 17.6 Å². The third kappa shape index (κ3) is 4.13. The van der Waals surface area contributed by atoms with E-state index in [4.69, 9.17) is 9.47 Å². The van der Waals surface area contributed by atoms with Crippen LogP contribution in [0.5, 0.6) is 5.75 Å². The summed E-state index contributed by atoms with van der Waals surface area (Å²) >= 11 is 0. The second-order valence-corrected chi connectivity index (χ2v) is 5.51. The number of aryl methyl sites for hydroxylation is 1. The minimum atomic E-state index is -0.903. The molecular weight excluding hydrogens is 306 g/mol.